The Bertz CT molecular complexity index is 1160. The minimum atomic E-state index is -0.369. The van der Waals surface area contributed by atoms with Crippen LogP contribution in [0.2, 0.25) is 5.02 Å². The highest BCUT2D eigenvalue weighted by atomic mass is 35.5. The molecule has 7 nitrogen and oxygen atoms in total. The van der Waals surface area contributed by atoms with E-state index in [4.69, 9.17) is 11.6 Å². The third-order valence-corrected chi connectivity index (χ3v) is 6.17. The lowest BCUT2D eigenvalue weighted by atomic mass is 10.1. The Morgan fingerprint density at radius 1 is 0.935 bits per heavy atom. The van der Waals surface area contributed by atoms with E-state index in [1.165, 1.54) is 6.42 Å². The average Bonchev–Trinajstić information content (AvgIpc) is 3.04. The zero-order valence-electron chi connectivity index (χ0n) is 17.9. The van der Waals surface area contributed by atoms with E-state index >= 15 is 0 Å². The highest BCUT2D eigenvalue weighted by Gasteiger charge is 2.21. The Labute approximate surface area is 186 Å². The number of para-hydroxylation sites is 1. The predicted octanol–water partition coefficient (Wildman–Crippen LogP) is 5.13. The molecule has 3 aromatic rings. The second-order valence-electron chi connectivity index (χ2n) is 7.74. The fraction of sp³-hybridized carbons (Fsp3) is 0.391. The number of amides is 2. The van der Waals surface area contributed by atoms with E-state index in [1.807, 2.05) is 38.1 Å². The number of carbonyl (C=O) groups excluding carboxylic acids is 1. The fourth-order valence-corrected chi connectivity index (χ4v) is 4.48. The Kier molecular flexibility index (Phi) is 6.23. The van der Waals surface area contributed by atoms with Gasteiger partial charge in [-0.25, -0.2) is 9.59 Å². The van der Waals surface area contributed by atoms with Crippen LogP contribution in [0.1, 0.15) is 33.1 Å². The molecular weight excluding hydrogens is 414 g/mol. The van der Waals surface area contributed by atoms with E-state index in [2.05, 4.69) is 15.5 Å². The van der Waals surface area contributed by atoms with E-state index in [-0.39, 0.29) is 11.7 Å². The Morgan fingerprint density at radius 3 is 2.19 bits per heavy atom. The van der Waals surface area contributed by atoms with Crippen LogP contribution in [0, 0.1) is 0 Å². The maximum atomic E-state index is 12.8. The third kappa shape index (κ3) is 4.14. The van der Waals surface area contributed by atoms with E-state index < -0.39 is 0 Å². The number of urea groups is 1. The molecule has 0 radical (unpaired) electrons. The molecule has 1 fully saturated rings. The van der Waals surface area contributed by atoms with Crippen LogP contribution >= 0.6 is 11.6 Å². The van der Waals surface area contributed by atoms with Crippen LogP contribution in [0.5, 0.6) is 0 Å². The van der Waals surface area contributed by atoms with Gasteiger partial charge in [0.15, 0.2) is 0 Å². The quantitative estimate of drug-likeness (QED) is 0.576. The van der Waals surface area contributed by atoms with Crippen LogP contribution in [0.15, 0.2) is 41.2 Å². The van der Waals surface area contributed by atoms with Crippen molar-refractivity contribution in [2.75, 3.05) is 28.6 Å². The van der Waals surface area contributed by atoms with Gasteiger partial charge in [0.05, 0.1) is 33.1 Å². The maximum absolute atomic E-state index is 12.8. The van der Waals surface area contributed by atoms with Crippen LogP contribution in [0.4, 0.5) is 21.9 Å². The van der Waals surface area contributed by atoms with Crippen LogP contribution < -0.4 is 21.2 Å². The zero-order valence-corrected chi connectivity index (χ0v) is 18.7. The summed E-state index contributed by atoms with van der Waals surface area (Å²) in [4.78, 5) is 28.0. The molecule has 1 saturated heterocycles. The van der Waals surface area contributed by atoms with Crippen molar-refractivity contribution >= 4 is 45.7 Å². The summed E-state index contributed by atoms with van der Waals surface area (Å²) in [5.41, 5.74) is 3.87. The van der Waals surface area contributed by atoms with Crippen LogP contribution in [-0.4, -0.2) is 28.3 Å². The number of anilines is 3. The maximum Gasteiger partial charge on any atom is 0.329 e. The van der Waals surface area contributed by atoms with E-state index in [9.17, 15) is 9.59 Å². The summed E-state index contributed by atoms with van der Waals surface area (Å²) in [5, 5.41) is 6.29. The van der Waals surface area contributed by atoms with Crippen molar-refractivity contribution < 1.29 is 4.79 Å². The number of benzene rings is 2. The van der Waals surface area contributed by atoms with Gasteiger partial charge in [-0.05, 0) is 57.4 Å². The molecule has 0 bridgehead atoms. The standard InChI is InChI=1S/C23H28ClN5O2/c1-3-28-20-14-18(26-22(30)25-17-11-7-6-10-16(17)24)19(27-12-8-5-9-13-27)15-21(20)29(4-2)23(28)31/h6-7,10-11,14-15H,3-5,8-9,12-13H2,1-2H3,(H2,25,26,30). The van der Waals surface area contributed by atoms with Gasteiger partial charge in [-0.2, -0.15) is 0 Å². The monoisotopic (exact) mass is 441 g/mol. The third-order valence-electron chi connectivity index (χ3n) is 5.84. The van der Waals surface area contributed by atoms with E-state index in [0.717, 1.165) is 42.7 Å². The van der Waals surface area contributed by atoms with Crippen molar-refractivity contribution in [2.24, 2.45) is 0 Å². The van der Waals surface area contributed by atoms with Gasteiger partial charge in [-0.3, -0.25) is 9.13 Å². The number of hydrogen-bond acceptors (Lipinski definition) is 3. The van der Waals surface area contributed by atoms with Gasteiger partial charge in [0.2, 0.25) is 0 Å². The van der Waals surface area contributed by atoms with Crippen molar-refractivity contribution in [3.8, 4) is 0 Å². The molecule has 2 N–H and O–H groups in total. The molecule has 1 aliphatic rings. The summed E-state index contributed by atoms with van der Waals surface area (Å²) in [7, 11) is 0. The first-order valence-electron chi connectivity index (χ1n) is 10.9. The number of rotatable bonds is 5. The number of nitrogens with one attached hydrogen (secondary N) is 2. The Morgan fingerprint density at radius 2 is 1.55 bits per heavy atom. The molecule has 2 aromatic carbocycles. The minimum absolute atomic E-state index is 0.0257. The molecule has 0 saturated carbocycles. The number of imidazole rings is 1. The lowest BCUT2D eigenvalue weighted by molar-refractivity contribution is 0.262. The molecule has 2 amide bonds. The van der Waals surface area contributed by atoms with Crippen molar-refractivity contribution in [3.63, 3.8) is 0 Å². The summed E-state index contributed by atoms with van der Waals surface area (Å²) >= 11 is 6.19. The van der Waals surface area contributed by atoms with Gasteiger partial charge >= 0.3 is 11.7 Å². The summed E-state index contributed by atoms with van der Waals surface area (Å²) in [6, 6.07) is 10.7. The molecule has 0 atom stereocenters. The van der Waals surface area contributed by atoms with Gasteiger partial charge in [-0.15, -0.1) is 0 Å². The first-order valence-corrected chi connectivity index (χ1v) is 11.3. The van der Waals surface area contributed by atoms with Gasteiger partial charge in [0.1, 0.15) is 0 Å². The lowest BCUT2D eigenvalue weighted by Gasteiger charge is -2.31. The number of hydrogen-bond donors (Lipinski definition) is 2. The highest BCUT2D eigenvalue weighted by molar-refractivity contribution is 6.33. The number of carbonyl (C=O) groups is 1. The van der Waals surface area contributed by atoms with Crippen LogP contribution in [-0.2, 0) is 13.1 Å². The van der Waals surface area contributed by atoms with Gasteiger partial charge in [-0.1, -0.05) is 23.7 Å². The molecule has 31 heavy (non-hydrogen) atoms. The second kappa shape index (κ2) is 9.06. The first-order chi connectivity index (χ1) is 15.0. The molecule has 164 valence electrons. The summed E-state index contributed by atoms with van der Waals surface area (Å²) in [6.07, 6.45) is 3.43. The second-order valence-corrected chi connectivity index (χ2v) is 8.14. The molecule has 0 unspecified atom stereocenters. The number of aromatic nitrogens is 2. The minimum Gasteiger partial charge on any atom is -0.370 e. The zero-order chi connectivity index (χ0) is 22.0. The number of nitrogens with zero attached hydrogens (tertiary/aromatic N) is 3. The number of halogens is 1. The van der Waals surface area contributed by atoms with Crippen LogP contribution in [0.3, 0.4) is 0 Å². The average molecular weight is 442 g/mol. The molecule has 8 heteroatoms. The summed E-state index contributed by atoms with van der Waals surface area (Å²) in [5.74, 6) is 0. The molecule has 2 heterocycles. The van der Waals surface area contributed by atoms with Crippen molar-refractivity contribution in [3.05, 3.63) is 51.9 Å². The van der Waals surface area contributed by atoms with Gasteiger partial charge < -0.3 is 15.5 Å². The summed E-state index contributed by atoms with van der Waals surface area (Å²) in [6.45, 7) is 6.95. The van der Waals surface area contributed by atoms with Crippen molar-refractivity contribution in [1.29, 1.82) is 0 Å². The molecular formula is C23H28ClN5O2. The molecule has 4 rings (SSSR count). The van der Waals surface area contributed by atoms with Crippen molar-refractivity contribution in [1.82, 2.24) is 9.13 Å². The van der Waals surface area contributed by atoms with E-state index in [1.54, 1.807) is 21.3 Å². The first kappa shape index (κ1) is 21.3. The molecule has 1 aromatic heterocycles. The normalized spacial score (nSPS) is 14.1. The predicted molar refractivity (Wildman–Crippen MR) is 128 cm³/mol. The SMILES string of the molecule is CCn1c(=O)n(CC)c2cc(N3CCCCC3)c(NC(=O)Nc3ccccc3Cl)cc21. The molecule has 0 aliphatic carbocycles. The number of fused-ring (bicyclic) bond motifs is 1. The van der Waals surface area contributed by atoms with Gasteiger partial charge in [0.25, 0.3) is 0 Å². The van der Waals surface area contributed by atoms with Gasteiger partial charge in [0, 0.05) is 26.2 Å². The Balaban J connectivity index is 1.77. The topological polar surface area (TPSA) is 71.3 Å². The van der Waals surface area contributed by atoms with Crippen molar-refractivity contribution in [2.45, 2.75) is 46.2 Å². The summed E-state index contributed by atoms with van der Waals surface area (Å²) < 4.78 is 3.54. The molecule has 1 aliphatic heterocycles. The lowest BCUT2D eigenvalue weighted by Crippen LogP contribution is -2.31. The number of aryl methyl sites for hydroxylation is 2. The Hall–Kier alpha value is -2.93. The van der Waals surface area contributed by atoms with E-state index in [0.29, 0.717) is 29.5 Å². The molecule has 0 spiro atoms. The fourth-order valence-electron chi connectivity index (χ4n) is 4.30. The van der Waals surface area contributed by atoms with Crippen LogP contribution in [0.25, 0.3) is 11.0 Å². The smallest absolute Gasteiger partial charge is 0.329 e. The number of piperidine rings is 1. The largest absolute Gasteiger partial charge is 0.370 e. The highest BCUT2D eigenvalue weighted by Crippen LogP contribution is 2.33.